The van der Waals surface area contributed by atoms with Crippen molar-refractivity contribution in [1.82, 2.24) is 20.4 Å². The van der Waals surface area contributed by atoms with Gasteiger partial charge in [-0.25, -0.2) is 0 Å². The summed E-state index contributed by atoms with van der Waals surface area (Å²) < 4.78 is 12.6. The van der Waals surface area contributed by atoms with E-state index in [0.717, 1.165) is 23.7 Å². The average Bonchev–Trinajstić information content (AvgIpc) is 3.03. The molecule has 154 valence electrons. The predicted octanol–water partition coefficient (Wildman–Crippen LogP) is 0.768. The molecule has 2 N–H and O–H groups in total. The van der Waals surface area contributed by atoms with E-state index in [1.54, 1.807) is 23.9 Å². The number of imide groups is 1. The Kier molecular flexibility index (Phi) is 5.48. The minimum absolute atomic E-state index is 0.0687. The number of hydrogen-bond acceptors (Lipinski definition) is 6. The van der Waals surface area contributed by atoms with E-state index in [-0.39, 0.29) is 30.4 Å². The first-order valence-corrected chi connectivity index (χ1v) is 9.81. The molecule has 2 aliphatic rings. The number of aryl methyl sites for hydroxylation is 1. The van der Waals surface area contributed by atoms with Gasteiger partial charge in [-0.3, -0.25) is 24.4 Å². The van der Waals surface area contributed by atoms with Crippen molar-refractivity contribution in [3.05, 3.63) is 23.9 Å². The normalized spacial score (nSPS) is 20.5. The van der Waals surface area contributed by atoms with Crippen molar-refractivity contribution in [2.24, 2.45) is 7.05 Å². The number of fused-ring (bicyclic) bond motifs is 1. The van der Waals surface area contributed by atoms with E-state index in [1.807, 2.05) is 6.07 Å². The van der Waals surface area contributed by atoms with Gasteiger partial charge < -0.3 is 14.8 Å². The number of nitrogens with one attached hydrogen (secondary N) is 2. The van der Waals surface area contributed by atoms with Crippen molar-refractivity contribution in [3.63, 3.8) is 0 Å². The number of nitrogens with zero attached hydrogens (tertiary/aromatic N) is 2. The van der Waals surface area contributed by atoms with Crippen molar-refractivity contribution in [2.75, 3.05) is 19.8 Å². The molecule has 1 aromatic heterocycles. The second kappa shape index (κ2) is 8.20. The van der Waals surface area contributed by atoms with Crippen LogP contribution in [0.3, 0.4) is 0 Å². The fraction of sp³-hybridized carbons (Fsp3) is 0.500. The highest BCUT2D eigenvalue weighted by molar-refractivity contribution is 6.02. The Morgan fingerprint density at radius 2 is 2.10 bits per heavy atom. The van der Waals surface area contributed by atoms with Crippen molar-refractivity contribution in [2.45, 2.75) is 37.6 Å². The molecule has 4 rings (SSSR count). The summed E-state index contributed by atoms with van der Waals surface area (Å²) in [6.45, 7) is 1.26. The molecular formula is C20H24N4O5. The summed E-state index contributed by atoms with van der Waals surface area (Å²) >= 11 is 0. The second-order valence-corrected chi connectivity index (χ2v) is 7.43. The van der Waals surface area contributed by atoms with E-state index in [4.69, 9.17) is 9.47 Å². The first kappa shape index (κ1) is 19.4. The number of carbonyl (C=O) groups is 3. The maximum atomic E-state index is 12.2. The van der Waals surface area contributed by atoms with Gasteiger partial charge in [-0.1, -0.05) is 0 Å². The maximum absolute atomic E-state index is 12.2. The molecule has 9 heteroatoms. The van der Waals surface area contributed by atoms with E-state index in [0.29, 0.717) is 37.5 Å². The standard InChI is InChI=1S/C20H24N4O5/c1-24-16-10-13(29-11-18(26)21-12-6-8-28-9-7-12)2-3-14(16)19(23-24)15-4-5-17(25)22-20(15)27/h2-3,10,12,15H,4-9,11H2,1H3,(H,21,26)(H,22,25,27). The molecule has 1 atom stereocenters. The molecule has 3 heterocycles. The van der Waals surface area contributed by atoms with Crippen molar-refractivity contribution in [1.29, 1.82) is 0 Å². The third kappa shape index (κ3) is 4.24. The largest absolute Gasteiger partial charge is 0.484 e. The third-order valence-electron chi connectivity index (χ3n) is 5.38. The lowest BCUT2D eigenvalue weighted by molar-refractivity contribution is -0.134. The molecule has 1 aromatic carbocycles. The van der Waals surface area contributed by atoms with Gasteiger partial charge in [0.15, 0.2) is 6.61 Å². The number of carbonyl (C=O) groups excluding carboxylic acids is 3. The van der Waals surface area contributed by atoms with Gasteiger partial charge in [0.05, 0.1) is 17.1 Å². The van der Waals surface area contributed by atoms with E-state index in [9.17, 15) is 14.4 Å². The predicted molar refractivity (Wildman–Crippen MR) is 103 cm³/mol. The number of benzene rings is 1. The molecule has 0 spiro atoms. The molecule has 2 aromatic rings. The molecule has 1 unspecified atom stereocenters. The van der Waals surface area contributed by atoms with Crippen LogP contribution < -0.4 is 15.4 Å². The summed E-state index contributed by atoms with van der Waals surface area (Å²) in [5.41, 5.74) is 1.45. The van der Waals surface area contributed by atoms with Crippen LogP contribution in [0.25, 0.3) is 10.9 Å². The first-order chi connectivity index (χ1) is 14.0. The van der Waals surface area contributed by atoms with Crippen LogP contribution in [-0.4, -0.2) is 53.4 Å². The lowest BCUT2D eigenvalue weighted by atomic mass is 9.93. The molecule has 9 nitrogen and oxygen atoms in total. The lowest BCUT2D eigenvalue weighted by Gasteiger charge is -2.23. The lowest BCUT2D eigenvalue weighted by Crippen LogP contribution is -2.41. The van der Waals surface area contributed by atoms with Crippen molar-refractivity contribution >= 4 is 28.6 Å². The van der Waals surface area contributed by atoms with Crippen LogP contribution in [0.4, 0.5) is 0 Å². The fourth-order valence-corrected chi connectivity index (χ4v) is 3.83. The van der Waals surface area contributed by atoms with Crippen LogP contribution >= 0.6 is 0 Å². The molecule has 29 heavy (non-hydrogen) atoms. The molecule has 0 saturated carbocycles. The minimum atomic E-state index is -0.451. The smallest absolute Gasteiger partial charge is 0.258 e. The zero-order valence-electron chi connectivity index (χ0n) is 16.3. The van der Waals surface area contributed by atoms with Gasteiger partial charge in [-0.15, -0.1) is 0 Å². The van der Waals surface area contributed by atoms with Gasteiger partial charge in [-0.05, 0) is 31.4 Å². The monoisotopic (exact) mass is 400 g/mol. The van der Waals surface area contributed by atoms with E-state index < -0.39 is 5.92 Å². The quantitative estimate of drug-likeness (QED) is 0.717. The Bertz CT molecular complexity index is 948. The Labute approximate surface area is 167 Å². The SMILES string of the molecule is Cn1nc(C2CCC(=O)NC2=O)c2ccc(OCC(=O)NC3CCOCC3)cc21. The second-order valence-electron chi connectivity index (χ2n) is 7.43. The topological polar surface area (TPSA) is 112 Å². The summed E-state index contributed by atoms with van der Waals surface area (Å²) in [5.74, 6) is -0.621. The number of rotatable bonds is 5. The number of hydrogen-bond donors (Lipinski definition) is 2. The first-order valence-electron chi connectivity index (χ1n) is 9.81. The summed E-state index contributed by atoms with van der Waals surface area (Å²) in [7, 11) is 1.79. The summed E-state index contributed by atoms with van der Waals surface area (Å²) in [5, 5.41) is 10.7. The third-order valence-corrected chi connectivity index (χ3v) is 5.38. The van der Waals surface area contributed by atoms with Gasteiger partial charge in [-0.2, -0.15) is 5.10 Å². The Balaban J connectivity index is 1.44. The Hall–Kier alpha value is -2.94. The Morgan fingerprint density at radius 1 is 1.31 bits per heavy atom. The molecule has 0 bridgehead atoms. The minimum Gasteiger partial charge on any atom is -0.484 e. The maximum Gasteiger partial charge on any atom is 0.258 e. The average molecular weight is 400 g/mol. The number of ether oxygens (including phenoxy) is 2. The van der Waals surface area contributed by atoms with Gasteiger partial charge in [0, 0.05) is 44.2 Å². The number of piperidine rings is 1. The highest BCUT2D eigenvalue weighted by Crippen LogP contribution is 2.31. The van der Waals surface area contributed by atoms with Gasteiger partial charge >= 0.3 is 0 Å². The summed E-state index contributed by atoms with van der Waals surface area (Å²) in [6.07, 6.45) is 2.38. The van der Waals surface area contributed by atoms with E-state index >= 15 is 0 Å². The van der Waals surface area contributed by atoms with E-state index in [1.165, 1.54) is 0 Å². The van der Waals surface area contributed by atoms with Crippen LogP contribution in [0, 0.1) is 0 Å². The zero-order valence-corrected chi connectivity index (χ0v) is 16.3. The molecule has 3 amide bonds. The number of aromatic nitrogens is 2. The van der Waals surface area contributed by atoms with Gasteiger partial charge in [0.2, 0.25) is 11.8 Å². The molecule has 0 aliphatic carbocycles. The van der Waals surface area contributed by atoms with Crippen molar-refractivity contribution in [3.8, 4) is 5.75 Å². The van der Waals surface area contributed by atoms with Crippen LogP contribution in [0.5, 0.6) is 5.75 Å². The van der Waals surface area contributed by atoms with E-state index in [2.05, 4.69) is 15.7 Å². The zero-order chi connectivity index (χ0) is 20.4. The highest BCUT2D eigenvalue weighted by Gasteiger charge is 2.31. The summed E-state index contributed by atoms with van der Waals surface area (Å²) in [4.78, 5) is 35.7. The van der Waals surface area contributed by atoms with Gasteiger partial charge in [0.1, 0.15) is 5.75 Å². The highest BCUT2D eigenvalue weighted by atomic mass is 16.5. The van der Waals surface area contributed by atoms with Crippen LogP contribution in [-0.2, 0) is 26.2 Å². The number of amides is 3. The van der Waals surface area contributed by atoms with Crippen LogP contribution in [0.1, 0.15) is 37.3 Å². The van der Waals surface area contributed by atoms with Gasteiger partial charge in [0.25, 0.3) is 5.91 Å². The molecule has 2 saturated heterocycles. The molecule has 0 radical (unpaired) electrons. The molecule has 2 fully saturated rings. The molecular weight excluding hydrogens is 376 g/mol. The van der Waals surface area contributed by atoms with Crippen molar-refractivity contribution < 1.29 is 23.9 Å². The van der Waals surface area contributed by atoms with Crippen LogP contribution in [0.2, 0.25) is 0 Å². The fourth-order valence-electron chi connectivity index (χ4n) is 3.83. The Morgan fingerprint density at radius 3 is 2.86 bits per heavy atom. The van der Waals surface area contributed by atoms with Crippen LogP contribution in [0.15, 0.2) is 18.2 Å². The summed E-state index contributed by atoms with van der Waals surface area (Å²) in [6, 6.07) is 5.55. The molecule has 2 aliphatic heterocycles.